The molecule has 84 valence electrons. The summed E-state index contributed by atoms with van der Waals surface area (Å²) in [6.07, 6.45) is 4.10. The van der Waals surface area contributed by atoms with Gasteiger partial charge >= 0.3 is 0 Å². The van der Waals surface area contributed by atoms with Crippen molar-refractivity contribution in [1.29, 1.82) is 0 Å². The van der Waals surface area contributed by atoms with Crippen molar-refractivity contribution in [3.8, 4) is 0 Å². The first-order valence-corrected chi connectivity index (χ1v) is 5.57. The maximum absolute atomic E-state index is 4.36. The highest BCUT2D eigenvalue weighted by Crippen LogP contribution is 2.22. The number of aromatic nitrogens is 1. The van der Waals surface area contributed by atoms with Crippen molar-refractivity contribution < 1.29 is 0 Å². The van der Waals surface area contributed by atoms with Gasteiger partial charge in [-0.1, -0.05) is 13.8 Å². The predicted molar refractivity (Wildman–Crippen MR) is 66.6 cm³/mol. The van der Waals surface area contributed by atoms with E-state index in [1.165, 1.54) is 0 Å². The molecule has 0 bridgehead atoms. The summed E-state index contributed by atoms with van der Waals surface area (Å²) in [6.45, 7) is 4.40. The van der Waals surface area contributed by atoms with Crippen LogP contribution in [0.3, 0.4) is 0 Å². The van der Waals surface area contributed by atoms with Gasteiger partial charge in [-0.05, 0) is 25.0 Å². The Balaban J connectivity index is 2.83. The van der Waals surface area contributed by atoms with E-state index in [0.717, 1.165) is 24.3 Å². The zero-order valence-corrected chi connectivity index (χ0v) is 10.1. The highest BCUT2D eigenvalue weighted by atomic mass is 15.2. The minimum atomic E-state index is 0.535. The average molecular weight is 207 g/mol. The lowest BCUT2D eigenvalue weighted by atomic mass is 10.1. The lowest BCUT2D eigenvalue weighted by Crippen LogP contribution is -2.20. The van der Waals surface area contributed by atoms with Crippen molar-refractivity contribution in [2.45, 2.75) is 32.7 Å². The van der Waals surface area contributed by atoms with E-state index >= 15 is 0 Å². The molecule has 0 amide bonds. The van der Waals surface area contributed by atoms with Crippen LogP contribution in [0.25, 0.3) is 0 Å². The normalized spacial score (nSPS) is 10.5. The molecule has 1 N–H and O–H groups in total. The van der Waals surface area contributed by atoms with E-state index in [1.54, 1.807) is 0 Å². The largest absolute Gasteiger partial charge is 0.379 e. The monoisotopic (exact) mass is 207 g/mol. The average Bonchev–Trinajstić information content (AvgIpc) is 2.26. The summed E-state index contributed by atoms with van der Waals surface area (Å²) in [5, 5.41) is 3.52. The minimum Gasteiger partial charge on any atom is -0.379 e. The molecule has 1 aromatic heterocycles. The van der Waals surface area contributed by atoms with Crippen LogP contribution in [0.15, 0.2) is 18.3 Å². The first-order chi connectivity index (χ1) is 7.19. The van der Waals surface area contributed by atoms with E-state index in [-0.39, 0.29) is 0 Å². The Labute approximate surface area is 92.5 Å². The van der Waals surface area contributed by atoms with Gasteiger partial charge in [0.2, 0.25) is 0 Å². The lowest BCUT2D eigenvalue weighted by Gasteiger charge is -2.21. The second kappa shape index (κ2) is 5.59. The van der Waals surface area contributed by atoms with Crippen LogP contribution < -0.4 is 10.2 Å². The summed E-state index contributed by atoms with van der Waals surface area (Å²) in [6, 6.07) is 4.59. The van der Waals surface area contributed by atoms with Gasteiger partial charge in [0.1, 0.15) is 0 Å². The summed E-state index contributed by atoms with van der Waals surface area (Å²) in [4.78, 5) is 6.40. The number of hydrogen-bond donors (Lipinski definition) is 1. The zero-order valence-electron chi connectivity index (χ0n) is 10.1. The van der Waals surface area contributed by atoms with Crippen molar-refractivity contribution in [3.63, 3.8) is 0 Å². The van der Waals surface area contributed by atoms with Gasteiger partial charge in [-0.15, -0.1) is 0 Å². The summed E-state index contributed by atoms with van der Waals surface area (Å²) in [7, 11) is 4.03. The van der Waals surface area contributed by atoms with E-state index in [1.807, 2.05) is 31.3 Å². The Kier molecular flexibility index (Phi) is 4.40. The third-order valence-corrected chi connectivity index (χ3v) is 2.56. The van der Waals surface area contributed by atoms with Gasteiger partial charge in [0.15, 0.2) is 5.82 Å². The number of rotatable bonds is 5. The Morgan fingerprint density at radius 2 is 2.00 bits per heavy atom. The van der Waals surface area contributed by atoms with E-state index < -0.39 is 0 Å². The Morgan fingerprint density at radius 1 is 1.33 bits per heavy atom. The van der Waals surface area contributed by atoms with Crippen LogP contribution in [0.4, 0.5) is 11.5 Å². The second-order valence-electron chi connectivity index (χ2n) is 3.93. The topological polar surface area (TPSA) is 28.2 Å². The van der Waals surface area contributed by atoms with Crippen LogP contribution in [-0.2, 0) is 0 Å². The second-order valence-corrected chi connectivity index (χ2v) is 3.93. The molecule has 0 radical (unpaired) electrons. The number of hydrogen-bond acceptors (Lipinski definition) is 3. The molecular formula is C12H21N3. The predicted octanol–water partition coefficient (Wildman–Crippen LogP) is 2.75. The molecule has 1 aromatic rings. The molecule has 0 aliphatic heterocycles. The first kappa shape index (κ1) is 11.8. The molecule has 0 saturated carbocycles. The fourth-order valence-electron chi connectivity index (χ4n) is 1.58. The smallest absolute Gasteiger partial charge is 0.151 e. The van der Waals surface area contributed by atoms with E-state index in [4.69, 9.17) is 0 Å². The number of nitrogens with one attached hydrogen (secondary N) is 1. The van der Waals surface area contributed by atoms with Crippen LogP contribution >= 0.6 is 0 Å². The van der Waals surface area contributed by atoms with Crippen LogP contribution in [0, 0.1) is 0 Å². The fourth-order valence-corrected chi connectivity index (χ4v) is 1.58. The highest BCUT2D eigenvalue weighted by Gasteiger charge is 2.08. The van der Waals surface area contributed by atoms with Gasteiger partial charge in [0.05, 0.1) is 5.69 Å². The van der Waals surface area contributed by atoms with Gasteiger partial charge in [-0.3, -0.25) is 0 Å². The van der Waals surface area contributed by atoms with Gasteiger partial charge in [0, 0.05) is 26.3 Å². The van der Waals surface area contributed by atoms with Gasteiger partial charge < -0.3 is 10.2 Å². The van der Waals surface area contributed by atoms with Crippen LogP contribution in [0.1, 0.15) is 26.7 Å². The molecule has 1 heterocycles. The summed E-state index contributed by atoms with van der Waals surface area (Å²) in [5.74, 6) is 1.00. The van der Waals surface area contributed by atoms with E-state index in [9.17, 15) is 0 Å². The molecule has 0 spiro atoms. The van der Waals surface area contributed by atoms with Crippen molar-refractivity contribution in [1.82, 2.24) is 4.98 Å². The quantitative estimate of drug-likeness (QED) is 0.804. The number of anilines is 2. The minimum absolute atomic E-state index is 0.535. The van der Waals surface area contributed by atoms with Crippen LogP contribution in [0.5, 0.6) is 0 Å². The molecule has 0 aliphatic rings. The molecule has 0 unspecified atom stereocenters. The van der Waals surface area contributed by atoms with Crippen molar-refractivity contribution >= 4 is 11.5 Å². The molecule has 15 heavy (non-hydrogen) atoms. The Morgan fingerprint density at radius 3 is 2.53 bits per heavy atom. The Bertz CT molecular complexity index is 293. The molecular weight excluding hydrogens is 186 g/mol. The fraction of sp³-hybridized carbons (Fsp3) is 0.583. The Hall–Kier alpha value is -1.25. The molecule has 0 aromatic carbocycles. The van der Waals surface area contributed by atoms with E-state index in [2.05, 4.69) is 30.2 Å². The maximum Gasteiger partial charge on any atom is 0.151 e. The first-order valence-electron chi connectivity index (χ1n) is 5.57. The zero-order chi connectivity index (χ0) is 11.3. The molecule has 0 fully saturated rings. The van der Waals surface area contributed by atoms with Crippen LogP contribution in [0.2, 0.25) is 0 Å². The standard InChI is InChI=1S/C12H21N3/c1-5-10(6-2)14-11-8-7-9-13-12(11)15(3)4/h7-10,14H,5-6H2,1-4H3. The van der Waals surface area contributed by atoms with Crippen LogP contribution in [-0.4, -0.2) is 25.1 Å². The molecule has 0 saturated heterocycles. The molecule has 3 nitrogen and oxygen atoms in total. The highest BCUT2D eigenvalue weighted by molar-refractivity contribution is 5.65. The van der Waals surface area contributed by atoms with Crippen molar-refractivity contribution in [2.24, 2.45) is 0 Å². The van der Waals surface area contributed by atoms with Crippen molar-refractivity contribution in [3.05, 3.63) is 18.3 Å². The van der Waals surface area contributed by atoms with E-state index in [0.29, 0.717) is 6.04 Å². The lowest BCUT2D eigenvalue weighted by molar-refractivity contribution is 0.671. The van der Waals surface area contributed by atoms with Gasteiger partial charge in [-0.2, -0.15) is 0 Å². The number of pyridine rings is 1. The molecule has 3 heteroatoms. The molecule has 1 rings (SSSR count). The van der Waals surface area contributed by atoms with Gasteiger partial charge in [0.25, 0.3) is 0 Å². The third kappa shape index (κ3) is 3.11. The van der Waals surface area contributed by atoms with Gasteiger partial charge in [-0.25, -0.2) is 4.98 Å². The SMILES string of the molecule is CCC(CC)Nc1cccnc1N(C)C. The van der Waals surface area contributed by atoms with Crippen molar-refractivity contribution in [2.75, 3.05) is 24.3 Å². The third-order valence-electron chi connectivity index (χ3n) is 2.56. The maximum atomic E-state index is 4.36. The molecule has 0 aliphatic carbocycles. The molecule has 0 atom stereocenters. The number of nitrogens with zero attached hydrogens (tertiary/aromatic N) is 2. The summed E-state index contributed by atoms with van der Waals surface area (Å²) < 4.78 is 0. The summed E-state index contributed by atoms with van der Waals surface area (Å²) >= 11 is 0. The summed E-state index contributed by atoms with van der Waals surface area (Å²) in [5.41, 5.74) is 1.12.